The van der Waals surface area contributed by atoms with Gasteiger partial charge in [-0.25, -0.2) is 4.98 Å². The zero-order chi connectivity index (χ0) is 34.3. The number of nitrogens with one attached hydrogen (secondary N) is 2. The van der Waals surface area contributed by atoms with E-state index >= 15 is 0 Å². The Bertz CT molecular complexity index is 1950. The van der Waals surface area contributed by atoms with Gasteiger partial charge in [0, 0.05) is 30.0 Å². The minimum Gasteiger partial charge on any atom is -0.489 e. The number of fused-ring (bicyclic) bond motifs is 2. The van der Waals surface area contributed by atoms with Crippen LogP contribution in [0.25, 0.3) is 22.2 Å². The average molecular weight is 671 g/mol. The molecule has 0 radical (unpaired) electrons. The van der Waals surface area contributed by atoms with Gasteiger partial charge >= 0.3 is 0 Å². The molecule has 2 aliphatic rings. The Morgan fingerprint density at radius 1 is 0.900 bits per heavy atom. The molecule has 9 heteroatoms. The van der Waals surface area contributed by atoms with Crippen molar-refractivity contribution < 1.29 is 23.8 Å². The molecule has 4 aromatic carbocycles. The summed E-state index contributed by atoms with van der Waals surface area (Å²) >= 11 is 0. The van der Waals surface area contributed by atoms with Gasteiger partial charge in [-0.2, -0.15) is 0 Å². The van der Waals surface area contributed by atoms with E-state index < -0.39 is 6.04 Å². The number of aromatic nitrogens is 1. The quantitative estimate of drug-likeness (QED) is 0.163. The van der Waals surface area contributed by atoms with E-state index in [9.17, 15) is 9.59 Å². The van der Waals surface area contributed by atoms with Crippen molar-refractivity contribution in [3.63, 3.8) is 0 Å². The van der Waals surface area contributed by atoms with Crippen molar-refractivity contribution in [3.8, 4) is 28.5 Å². The van der Waals surface area contributed by atoms with Crippen LogP contribution < -0.4 is 24.8 Å². The van der Waals surface area contributed by atoms with Crippen LogP contribution in [-0.4, -0.2) is 67.1 Å². The minimum atomic E-state index is -0.801. The molecule has 1 aromatic heterocycles. The summed E-state index contributed by atoms with van der Waals surface area (Å²) < 4.78 is 17.5. The molecule has 256 valence electrons. The Labute approximate surface area is 292 Å². The molecule has 2 amide bonds. The van der Waals surface area contributed by atoms with Gasteiger partial charge in [0.2, 0.25) is 5.91 Å². The van der Waals surface area contributed by atoms with Crippen molar-refractivity contribution in [2.45, 2.75) is 44.4 Å². The Morgan fingerprint density at radius 2 is 1.68 bits per heavy atom. The number of carbonyl (C=O) groups is 2. The molecular weight excluding hydrogens is 628 g/mol. The predicted octanol–water partition coefficient (Wildman–Crippen LogP) is 6.19. The van der Waals surface area contributed by atoms with E-state index in [4.69, 9.17) is 19.2 Å². The van der Waals surface area contributed by atoms with Gasteiger partial charge in [0.15, 0.2) is 11.5 Å². The first-order valence-electron chi connectivity index (χ1n) is 17.3. The summed E-state index contributed by atoms with van der Waals surface area (Å²) in [6, 6.07) is 32.4. The second-order valence-corrected chi connectivity index (χ2v) is 12.9. The Morgan fingerprint density at radius 3 is 2.48 bits per heavy atom. The number of rotatable bonds is 12. The van der Waals surface area contributed by atoms with E-state index in [-0.39, 0.29) is 11.8 Å². The smallest absolute Gasteiger partial charge is 0.252 e. The maximum atomic E-state index is 14.2. The number of benzene rings is 4. The standard InChI is InChI=1S/C41H42N4O5/c1-45-21-7-10-31(45)19-20-42-41(47)37(24-28-13-16-32(17-14-28)50-27-29-8-3-2-4-9-29)44-40(46)34-26-36(43-35-12-6-5-11-33(34)35)30-15-18-38-39(25-30)49-23-22-48-38/h2-6,8-9,11-18,25-26,31,37H,7,10,19-24,27H2,1H3,(H,42,47)(H,44,46). The molecule has 2 aliphatic heterocycles. The SMILES string of the molecule is CN1CCCC1CCNC(=O)C(Cc1ccc(OCc2ccccc2)cc1)NC(=O)c1cc(-c2ccc3c(c2)OCCO3)nc2ccccc12. The molecule has 7 rings (SSSR count). The lowest BCUT2D eigenvalue weighted by atomic mass is 10.0. The summed E-state index contributed by atoms with van der Waals surface area (Å²) in [6.07, 6.45) is 3.49. The van der Waals surface area contributed by atoms with Crippen molar-refractivity contribution in [1.29, 1.82) is 0 Å². The van der Waals surface area contributed by atoms with Crippen LogP contribution in [0.2, 0.25) is 0 Å². The van der Waals surface area contributed by atoms with E-state index in [0.717, 1.165) is 41.8 Å². The number of para-hydroxylation sites is 1. The Hall–Kier alpha value is -5.41. The summed E-state index contributed by atoms with van der Waals surface area (Å²) in [6.45, 7) is 3.06. The van der Waals surface area contributed by atoms with Gasteiger partial charge in [-0.05, 0) is 86.4 Å². The topological polar surface area (TPSA) is 102 Å². The number of pyridine rings is 1. The largest absolute Gasteiger partial charge is 0.489 e. The van der Waals surface area contributed by atoms with E-state index in [1.807, 2.05) is 97.1 Å². The molecule has 2 unspecified atom stereocenters. The first-order chi connectivity index (χ1) is 24.5. The van der Waals surface area contributed by atoms with Gasteiger partial charge in [-0.15, -0.1) is 0 Å². The molecule has 0 saturated carbocycles. The molecule has 3 heterocycles. The molecule has 1 fully saturated rings. The molecule has 9 nitrogen and oxygen atoms in total. The van der Waals surface area contributed by atoms with Gasteiger partial charge in [0.25, 0.3) is 5.91 Å². The van der Waals surface area contributed by atoms with Crippen molar-refractivity contribution >= 4 is 22.7 Å². The predicted molar refractivity (Wildman–Crippen MR) is 194 cm³/mol. The van der Waals surface area contributed by atoms with Crippen LogP contribution in [0.4, 0.5) is 0 Å². The lowest BCUT2D eigenvalue weighted by molar-refractivity contribution is -0.123. The highest BCUT2D eigenvalue weighted by Gasteiger charge is 2.26. The maximum Gasteiger partial charge on any atom is 0.252 e. The average Bonchev–Trinajstić information content (AvgIpc) is 3.57. The molecule has 0 aliphatic carbocycles. The van der Waals surface area contributed by atoms with Crippen LogP contribution in [0, 0.1) is 0 Å². The lowest BCUT2D eigenvalue weighted by Gasteiger charge is -2.22. The number of nitrogens with zero attached hydrogens (tertiary/aromatic N) is 2. The minimum absolute atomic E-state index is 0.214. The summed E-state index contributed by atoms with van der Waals surface area (Å²) in [5, 5.41) is 6.91. The molecule has 1 saturated heterocycles. The molecule has 5 aromatic rings. The fourth-order valence-corrected chi connectivity index (χ4v) is 6.69. The molecule has 50 heavy (non-hydrogen) atoms. The number of amides is 2. The highest BCUT2D eigenvalue weighted by Crippen LogP contribution is 2.35. The van der Waals surface area contributed by atoms with E-state index in [1.165, 1.54) is 6.42 Å². The van der Waals surface area contributed by atoms with Gasteiger partial charge < -0.3 is 29.7 Å². The first-order valence-corrected chi connectivity index (χ1v) is 17.3. The van der Waals surface area contributed by atoms with Crippen LogP contribution in [0.5, 0.6) is 17.2 Å². The van der Waals surface area contributed by atoms with E-state index in [0.29, 0.717) is 72.5 Å². The van der Waals surface area contributed by atoms with Crippen molar-refractivity contribution in [2.75, 3.05) is 33.4 Å². The number of hydrogen-bond donors (Lipinski definition) is 2. The zero-order valence-corrected chi connectivity index (χ0v) is 28.3. The van der Waals surface area contributed by atoms with Crippen molar-refractivity contribution in [2.24, 2.45) is 0 Å². The van der Waals surface area contributed by atoms with Crippen molar-refractivity contribution in [1.82, 2.24) is 20.5 Å². The third-order valence-corrected chi connectivity index (χ3v) is 9.48. The van der Waals surface area contributed by atoms with Crippen molar-refractivity contribution in [3.05, 3.63) is 120 Å². The van der Waals surface area contributed by atoms with E-state index in [1.54, 1.807) is 6.07 Å². The van der Waals surface area contributed by atoms with Crippen LogP contribution in [0.1, 0.15) is 40.7 Å². The molecular formula is C41H42N4O5. The summed E-state index contributed by atoms with van der Waals surface area (Å²) in [4.78, 5) is 35.2. The number of carbonyl (C=O) groups excluding carboxylic acids is 2. The van der Waals surface area contributed by atoms with Crippen LogP contribution in [0.3, 0.4) is 0 Å². The number of hydrogen-bond acceptors (Lipinski definition) is 7. The molecule has 2 N–H and O–H groups in total. The zero-order valence-electron chi connectivity index (χ0n) is 28.3. The fraction of sp³-hybridized carbons (Fsp3) is 0.293. The van der Waals surface area contributed by atoms with Gasteiger partial charge in [-0.3, -0.25) is 9.59 Å². The number of ether oxygens (including phenoxy) is 3. The van der Waals surface area contributed by atoms with Crippen LogP contribution >= 0.6 is 0 Å². The monoisotopic (exact) mass is 670 g/mol. The van der Waals surface area contributed by atoms with Gasteiger partial charge in [-0.1, -0.05) is 60.7 Å². The summed E-state index contributed by atoms with van der Waals surface area (Å²) in [7, 11) is 2.13. The third kappa shape index (κ3) is 7.90. The normalized spacial score (nSPS) is 16.1. The van der Waals surface area contributed by atoms with Crippen LogP contribution in [0.15, 0.2) is 103 Å². The number of likely N-dealkylation sites (tertiary alicyclic amines) is 1. The summed E-state index contributed by atoms with van der Waals surface area (Å²) in [5.74, 6) is 1.50. The molecule has 2 atom stereocenters. The lowest BCUT2D eigenvalue weighted by Crippen LogP contribution is -2.48. The Balaban J connectivity index is 1.12. The third-order valence-electron chi connectivity index (χ3n) is 9.48. The highest BCUT2D eigenvalue weighted by molar-refractivity contribution is 6.08. The fourth-order valence-electron chi connectivity index (χ4n) is 6.69. The maximum absolute atomic E-state index is 14.2. The molecule has 0 bridgehead atoms. The van der Waals surface area contributed by atoms with Crippen LogP contribution in [-0.2, 0) is 17.8 Å². The van der Waals surface area contributed by atoms with E-state index in [2.05, 4.69) is 22.6 Å². The Kier molecular flexibility index (Phi) is 10.2. The second-order valence-electron chi connectivity index (χ2n) is 12.9. The second kappa shape index (κ2) is 15.4. The highest BCUT2D eigenvalue weighted by atomic mass is 16.6. The summed E-state index contributed by atoms with van der Waals surface area (Å²) in [5.41, 5.74) is 4.53. The van der Waals surface area contributed by atoms with Gasteiger partial charge in [0.1, 0.15) is 31.6 Å². The molecule has 0 spiro atoms. The first kappa shape index (κ1) is 33.1. The van der Waals surface area contributed by atoms with Gasteiger partial charge in [0.05, 0.1) is 16.8 Å².